The van der Waals surface area contributed by atoms with Gasteiger partial charge >= 0.3 is 0 Å². The van der Waals surface area contributed by atoms with Crippen LogP contribution in [0.2, 0.25) is 0 Å². The van der Waals surface area contributed by atoms with Crippen molar-refractivity contribution in [3.05, 3.63) is 30.3 Å². The van der Waals surface area contributed by atoms with Crippen LogP contribution in [0.25, 0.3) is 0 Å². The fourth-order valence-corrected chi connectivity index (χ4v) is 3.73. The number of carbonyl (C=O) groups is 2. The summed E-state index contributed by atoms with van der Waals surface area (Å²) in [6, 6.07) is 9.60. The van der Waals surface area contributed by atoms with E-state index < -0.39 is 0 Å². The summed E-state index contributed by atoms with van der Waals surface area (Å²) in [4.78, 5) is 27.9. The van der Waals surface area contributed by atoms with Gasteiger partial charge in [-0.05, 0) is 44.4 Å². The molecule has 0 bridgehead atoms. The number of ether oxygens (including phenoxy) is 1. The van der Waals surface area contributed by atoms with Crippen LogP contribution in [-0.2, 0) is 9.59 Å². The van der Waals surface area contributed by atoms with Gasteiger partial charge in [-0.15, -0.1) is 0 Å². The molecule has 1 aromatic rings. The van der Waals surface area contributed by atoms with Crippen molar-refractivity contribution in [2.45, 2.75) is 37.8 Å². The third kappa shape index (κ3) is 3.87. The van der Waals surface area contributed by atoms with Gasteiger partial charge in [0.1, 0.15) is 5.75 Å². The zero-order valence-electron chi connectivity index (χ0n) is 13.9. The normalized spacial score (nSPS) is 22.5. The van der Waals surface area contributed by atoms with Gasteiger partial charge in [0, 0.05) is 19.1 Å². The Kier molecular flexibility index (Phi) is 5.35. The van der Waals surface area contributed by atoms with E-state index >= 15 is 0 Å². The molecule has 130 valence electrons. The number of hydrogen-bond acceptors (Lipinski definition) is 4. The number of para-hydroxylation sites is 1. The molecule has 0 aliphatic carbocycles. The van der Waals surface area contributed by atoms with Gasteiger partial charge in [-0.1, -0.05) is 18.2 Å². The molecule has 1 aromatic carbocycles. The Morgan fingerprint density at radius 1 is 1.08 bits per heavy atom. The van der Waals surface area contributed by atoms with Gasteiger partial charge in [0.2, 0.25) is 5.91 Å². The highest BCUT2D eigenvalue weighted by molar-refractivity contribution is 5.80. The van der Waals surface area contributed by atoms with E-state index in [0.29, 0.717) is 24.9 Å². The Morgan fingerprint density at radius 2 is 1.79 bits per heavy atom. The molecule has 2 fully saturated rings. The largest absolute Gasteiger partial charge is 0.484 e. The molecule has 6 nitrogen and oxygen atoms in total. The third-order valence-corrected chi connectivity index (χ3v) is 5.01. The predicted molar refractivity (Wildman–Crippen MR) is 90.5 cm³/mol. The lowest BCUT2D eigenvalue weighted by atomic mass is 10.0. The number of carbonyl (C=O) groups excluding carboxylic acids is 2. The standard InChI is InChI=1S/C18H25N3O3/c19-18(23)16-7-4-10-21(16)14-8-11-20(12-9-14)17(22)13-24-15-5-2-1-3-6-15/h1-3,5-6,14,16H,4,7-13H2,(H2,19,23). The van der Waals surface area contributed by atoms with Gasteiger partial charge < -0.3 is 15.4 Å². The molecular formula is C18H25N3O3. The summed E-state index contributed by atoms with van der Waals surface area (Å²) in [7, 11) is 0. The van der Waals surface area contributed by atoms with Crippen molar-refractivity contribution in [2.75, 3.05) is 26.2 Å². The first-order valence-electron chi connectivity index (χ1n) is 8.66. The first kappa shape index (κ1) is 16.8. The number of likely N-dealkylation sites (tertiary alicyclic amines) is 2. The van der Waals surface area contributed by atoms with E-state index in [9.17, 15) is 9.59 Å². The molecule has 0 saturated carbocycles. The van der Waals surface area contributed by atoms with Crippen LogP contribution in [0, 0.1) is 0 Å². The quantitative estimate of drug-likeness (QED) is 0.873. The van der Waals surface area contributed by atoms with E-state index in [1.807, 2.05) is 35.2 Å². The van der Waals surface area contributed by atoms with Gasteiger partial charge in [0.25, 0.3) is 5.91 Å². The highest BCUT2D eigenvalue weighted by atomic mass is 16.5. The average molecular weight is 331 g/mol. The molecule has 0 radical (unpaired) electrons. The molecule has 6 heteroatoms. The second-order valence-electron chi connectivity index (χ2n) is 6.51. The topological polar surface area (TPSA) is 75.9 Å². The lowest BCUT2D eigenvalue weighted by Crippen LogP contribution is -2.51. The van der Waals surface area contributed by atoms with Crippen molar-refractivity contribution in [2.24, 2.45) is 5.73 Å². The Balaban J connectivity index is 1.46. The monoisotopic (exact) mass is 331 g/mol. The van der Waals surface area contributed by atoms with Crippen molar-refractivity contribution in [1.29, 1.82) is 0 Å². The zero-order chi connectivity index (χ0) is 16.9. The molecule has 24 heavy (non-hydrogen) atoms. The zero-order valence-corrected chi connectivity index (χ0v) is 13.9. The second kappa shape index (κ2) is 7.66. The fourth-order valence-electron chi connectivity index (χ4n) is 3.73. The fraction of sp³-hybridized carbons (Fsp3) is 0.556. The summed E-state index contributed by atoms with van der Waals surface area (Å²) in [5, 5.41) is 0. The number of hydrogen-bond donors (Lipinski definition) is 1. The van der Waals surface area contributed by atoms with Gasteiger partial charge in [-0.25, -0.2) is 0 Å². The van der Waals surface area contributed by atoms with Crippen molar-refractivity contribution in [3.63, 3.8) is 0 Å². The number of piperidine rings is 1. The molecule has 1 unspecified atom stereocenters. The maximum atomic E-state index is 12.3. The summed E-state index contributed by atoms with van der Waals surface area (Å²) in [5.74, 6) is 0.509. The van der Waals surface area contributed by atoms with Crippen LogP contribution in [0.3, 0.4) is 0 Å². The summed E-state index contributed by atoms with van der Waals surface area (Å²) in [6.07, 6.45) is 3.67. The van der Waals surface area contributed by atoms with Crippen molar-refractivity contribution in [1.82, 2.24) is 9.80 Å². The van der Waals surface area contributed by atoms with E-state index in [4.69, 9.17) is 10.5 Å². The van der Waals surface area contributed by atoms with E-state index in [0.717, 1.165) is 32.2 Å². The minimum atomic E-state index is -0.220. The van der Waals surface area contributed by atoms with E-state index in [1.165, 1.54) is 0 Å². The van der Waals surface area contributed by atoms with Crippen molar-refractivity contribution < 1.29 is 14.3 Å². The predicted octanol–water partition coefficient (Wildman–Crippen LogP) is 1.01. The lowest BCUT2D eigenvalue weighted by Gasteiger charge is -2.38. The molecule has 2 N–H and O–H groups in total. The molecule has 3 rings (SSSR count). The smallest absolute Gasteiger partial charge is 0.260 e. The molecule has 0 spiro atoms. The summed E-state index contributed by atoms with van der Waals surface area (Å²) < 4.78 is 5.53. The van der Waals surface area contributed by atoms with Crippen LogP contribution < -0.4 is 10.5 Å². The first-order valence-corrected chi connectivity index (χ1v) is 8.66. The number of amides is 2. The number of nitrogens with zero attached hydrogens (tertiary/aromatic N) is 2. The van der Waals surface area contributed by atoms with E-state index in [-0.39, 0.29) is 24.5 Å². The molecule has 2 aliphatic heterocycles. The lowest BCUT2D eigenvalue weighted by molar-refractivity contribution is -0.135. The van der Waals surface area contributed by atoms with E-state index in [2.05, 4.69) is 4.90 Å². The third-order valence-electron chi connectivity index (χ3n) is 5.01. The molecular weight excluding hydrogens is 306 g/mol. The Morgan fingerprint density at radius 3 is 2.46 bits per heavy atom. The van der Waals surface area contributed by atoms with Crippen LogP contribution in [0.4, 0.5) is 0 Å². The SMILES string of the molecule is NC(=O)C1CCCN1C1CCN(C(=O)COc2ccccc2)CC1. The summed E-state index contributed by atoms with van der Waals surface area (Å²) in [5.41, 5.74) is 5.50. The van der Waals surface area contributed by atoms with Gasteiger partial charge in [-0.3, -0.25) is 14.5 Å². The van der Waals surface area contributed by atoms with Crippen molar-refractivity contribution in [3.8, 4) is 5.75 Å². The summed E-state index contributed by atoms with van der Waals surface area (Å²) >= 11 is 0. The highest BCUT2D eigenvalue weighted by Crippen LogP contribution is 2.26. The molecule has 2 aliphatic rings. The van der Waals surface area contributed by atoms with Crippen LogP contribution in [0.1, 0.15) is 25.7 Å². The van der Waals surface area contributed by atoms with E-state index in [1.54, 1.807) is 0 Å². The highest BCUT2D eigenvalue weighted by Gasteiger charge is 2.36. The van der Waals surface area contributed by atoms with Crippen LogP contribution in [-0.4, -0.2) is 59.9 Å². The van der Waals surface area contributed by atoms with Gasteiger partial charge in [-0.2, -0.15) is 0 Å². The number of primary amides is 1. The van der Waals surface area contributed by atoms with Crippen molar-refractivity contribution >= 4 is 11.8 Å². The Bertz CT molecular complexity index is 570. The second-order valence-corrected chi connectivity index (χ2v) is 6.51. The Hall–Kier alpha value is -2.08. The average Bonchev–Trinajstić information content (AvgIpc) is 3.11. The molecule has 0 aromatic heterocycles. The van der Waals surface area contributed by atoms with Gasteiger partial charge in [0.15, 0.2) is 6.61 Å². The maximum Gasteiger partial charge on any atom is 0.260 e. The molecule has 2 amide bonds. The Labute approximate surface area is 142 Å². The number of nitrogens with two attached hydrogens (primary N) is 1. The number of benzene rings is 1. The van der Waals surface area contributed by atoms with Gasteiger partial charge in [0.05, 0.1) is 6.04 Å². The van der Waals surface area contributed by atoms with Crippen LogP contribution in [0.5, 0.6) is 5.75 Å². The maximum absolute atomic E-state index is 12.3. The van der Waals surface area contributed by atoms with Crippen LogP contribution in [0.15, 0.2) is 30.3 Å². The first-order chi connectivity index (χ1) is 11.6. The minimum Gasteiger partial charge on any atom is -0.484 e. The molecule has 2 saturated heterocycles. The number of rotatable bonds is 5. The molecule has 2 heterocycles. The van der Waals surface area contributed by atoms with Crippen LogP contribution >= 0.6 is 0 Å². The summed E-state index contributed by atoms with van der Waals surface area (Å²) in [6.45, 7) is 2.43. The molecule has 1 atom stereocenters. The minimum absolute atomic E-state index is 0.0187.